The monoisotopic (exact) mass is 203 g/mol. The highest BCUT2D eigenvalue weighted by atomic mass is 15.1. The van der Waals surface area contributed by atoms with E-state index in [1.807, 2.05) is 24.7 Å². The van der Waals surface area contributed by atoms with Gasteiger partial charge in [0, 0.05) is 6.08 Å². The molecule has 0 spiro atoms. The van der Waals surface area contributed by atoms with Crippen LogP contribution in [-0.2, 0) is 0 Å². The van der Waals surface area contributed by atoms with Crippen LogP contribution in [0.3, 0.4) is 0 Å². The summed E-state index contributed by atoms with van der Waals surface area (Å²) in [7, 11) is 8.11. The Morgan fingerprint density at radius 1 is 1.20 bits per heavy atom. The molecule has 0 saturated heterocycles. The number of hydrogen-bond acceptors (Lipinski definition) is 1. The Morgan fingerprint density at radius 2 is 1.80 bits per heavy atom. The molecule has 1 aromatic carbocycles. The average Bonchev–Trinajstić information content (AvgIpc) is 2.18. The van der Waals surface area contributed by atoms with Gasteiger partial charge in [0.2, 0.25) is 0 Å². The third-order valence-corrected chi connectivity index (χ3v) is 2.19. The van der Waals surface area contributed by atoms with Crippen molar-refractivity contribution in [2.24, 2.45) is 0 Å². The largest absolute Gasteiger partial charge is 0.298 e. The molecule has 0 heterocycles. The van der Waals surface area contributed by atoms with Crippen molar-refractivity contribution in [3.05, 3.63) is 42.0 Å². The normalized spacial score (nSPS) is 12.1. The van der Waals surface area contributed by atoms with Gasteiger partial charge < -0.3 is 0 Å². The summed E-state index contributed by atoms with van der Waals surface area (Å²) in [6.07, 6.45) is 2.08. The molecule has 0 aliphatic carbocycles. The van der Waals surface area contributed by atoms with Gasteiger partial charge in [0.15, 0.2) is 5.87 Å². The molecule has 0 radical (unpaired) electrons. The Kier molecular flexibility index (Phi) is 4.29. The highest BCUT2D eigenvalue weighted by Gasteiger charge is 2.10. The second-order valence-electron chi connectivity index (χ2n) is 4.01. The van der Waals surface area contributed by atoms with Crippen molar-refractivity contribution in [1.29, 1.82) is 0 Å². The topological polar surface area (TPSA) is 6.25 Å². The second kappa shape index (κ2) is 5.50. The minimum Gasteiger partial charge on any atom is -0.298 e. The van der Waals surface area contributed by atoms with Crippen molar-refractivity contribution in [2.45, 2.75) is 6.04 Å². The molecular formula is C13H19N2+. The number of rotatable bonds is 3. The summed E-state index contributed by atoms with van der Waals surface area (Å²) in [4.78, 5) is 2.17. The van der Waals surface area contributed by atoms with Gasteiger partial charge in [0.25, 0.3) is 0 Å². The molecule has 0 aromatic heterocycles. The smallest absolute Gasteiger partial charge is 0.164 e. The van der Waals surface area contributed by atoms with E-state index < -0.39 is 0 Å². The summed E-state index contributed by atoms with van der Waals surface area (Å²) in [6, 6.07) is 10.7. The first-order chi connectivity index (χ1) is 7.11. The summed E-state index contributed by atoms with van der Waals surface area (Å²) < 4.78 is 1.93. The summed E-state index contributed by atoms with van der Waals surface area (Å²) >= 11 is 0. The lowest BCUT2D eigenvalue weighted by atomic mass is 10.1. The predicted octanol–water partition coefficient (Wildman–Crippen LogP) is 1.79. The van der Waals surface area contributed by atoms with Gasteiger partial charge in [-0.1, -0.05) is 30.3 Å². The van der Waals surface area contributed by atoms with E-state index in [-0.39, 0.29) is 6.04 Å². The van der Waals surface area contributed by atoms with Crippen molar-refractivity contribution in [3.63, 3.8) is 0 Å². The summed E-state index contributed by atoms with van der Waals surface area (Å²) in [5.41, 5.74) is 1.29. The summed E-state index contributed by atoms with van der Waals surface area (Å²) in [5, 5.41) is 0. The summed E-state index contributed by atoms with van der Waals surface area (Å²) in [6.45, 7) is 0. The van der Waals surface area contributed by atoms with Gasteiger partial charge in [-0.15, -0.1) is 0 Å². The van der Waals surface area contributed by atoms with E-state index in [0.29, 0.717) is 0 Å². The van der Waals surface area contributed by atoms with Crippen LogP contribution in [0.15, 0.2) is 36.4 Å². The van der Waals surface area contributed by atoms with Crippen LogP contribution >= 0.6 is 0 Å². The predicted molar refractivity (Wildman–Crippen MR) is 64.6 cm³/mol. The molecule has 15 heavy (non-hydrogen) atoms. The lowest BCUT2D eigenvalue weighted by Crippen LogP contribution is -2.18. The lowest BCUT2D eigenvalue weighted by molar-refractivity contribution is -0.456. The molecule has 1 atom stereocenters. The van der Waals surface area contributed by atoms with Crippen molar-refractivity contribution in [2.75, 3.05) is 28.2 Å². The molecule has 0 aliphatic heterocycles. The van der Waals surface area contributed by atoms with Gasteiger partial charge in [-0.05, 0) is 19.7 Å². The molecule has 2 heteroatoms. The molecule has 0 saturated carbocycles. The van der Waals surface area contributed by atoms with Crippen LogP contribution in [0.1, 0.15) is 11.6 Å². The van der Waals surface area contributed by atoms with Gasteiger partial charge in [-0.25, -0.2) is 0 Å². The highest BCUT2D eigenvalue weighted by Crippen LogP contribution is 2.17. The number of nitrogens with zero attached hydrogens (tertiary/aromatic N) is 2. The Hall–Kier alpha value is -1.37. The fourth-order valence-electron chi connectivity index (χ4n) is 1.41. The van der Waals surface area contributed by atoms with Crippen molar-refractivity contribution in [1.82, 2.24) is 4.90 Å². The maximum atomic E-state index is 3.19. The molecule has 0 amide bonds. The molecule has 1 rings (SSSR count). The second-order valence-corrected chi connectivity index (χ2v) is 4.01. The maximum absolute atomic E-state index is 3.19. The first kappa shape index (κ1) is 11.7. The minimum absolute atomic E-state index is 0.286. The Balaban J connectivity index is 3.00. The van der Waals surface area contributed by atoms with Crippen LogP contribution < -0.4 is 0 Å². The van der Waals surface area contributed by atoms with Crippen molar-refractivity contribution >= 4 is 5.87 Å². The summed E-state index contributed by atoms with van der Waals surface area (Å²) in [5.74, 6) is 3.19. The zero-order chi connectivity index (χ0) is 11.3. The maximum Gasteiger partial charge on any atom is 0.164 e. The Bertz CT molecular complexity index is 355. The molecule has 1 aromatic rings. The lowest BCUT2D eigenvalue weighted by Gasteiger charge is -2.19. The zero-order valence-corrected chi connectivity index (χ0v) is 9.94. The van der Waals surface area contributed by atoms with Gasteiger partial charge in [0.1, 0.15) is 14.1 Å². The van der Waals surface area contributed by atoms with Crippen LogP contribution in [0.5, 0.6) is 0 Å². The van der Waals surface area contributed by atoms with Crippen molar-refractivity contribution < 1.29 is 4.58 Å². The number of likely N-dealkylation sites (N-methyl/N-ethyl adjacent to an activating group) is 1. The molecule has 1 unspecified atom stereocenters. The van der Waals surface area contributed by atoms with Crippen molar-refractivity contribution in [3.8, 4) is 0 Å². The third kappa shape index (κ3) is 3.70. The fourth-order valence-corrected chi connectivity index (χ4v) is 1.41. The molecule has 80 valence electrons. The van der Waals surface area contributed by atoms with Gasteiger partial charge in [-0.3, -0.25) is 4.90 Å². The number of hydrogen-bond donors (Lipinski definition) is 0. The highest BCUT2D eigenvalue weighted by molar-refractivity contribution is 5.48. The van der Waals surface area contributed by atoms with E-state index in [4.69, 9.17) is 0 Å². The van der Waals surface area contributed by atoms with Crippen LogP contribution in [0.25, 0.3) is 0 Å². The molecular weight excluding hydrogens is 184 g/mol. The molecule has 0 fully saturated rings. The number of benzene rings is 1. The first-order valence-electron chi connectivity index (χ1n) is 5.09. The van der Waals surface area contributed by atoms with Crippen LogP contribution in [0.2, 0.25) is 0 Å². The van der Waals surface area contributed by atoms with Gasteiger partial charge in [0.05, 0.1) is 6.04 Å². The van der Waals surface area contributed by atoms with Crippen LogP contribution in [-0.4, -0.2) is 43.5 Å². The third-order valence-electron chi connectivity index (χ3n) is 2.19. The average molecular weight is 203 g/mol. The van der Waals surface area contributed by atoms with Gasteiger partial charge in [-0.2, -0.15) is 4.58 Å². The Labute approximate surface area is 92.2 Å². The van der Waals surface area contributed by atoms with E-state index >= 15 is 0 Å². The standard InChI is InChI=1S/C13H19N2/c1-14(2)11-10-13(15(3)4)12-8-6-5-7-9-12/h5-10,13H,1-4H3/q+1. The molecule has 2 nitrogen and oxygen atoms in total. The van der Waals surface area contributed by atoms with E-state index in [0.717, 1.165) is 0 Å². The van der Waals surface area contributed by atoms with E-state index in [9.17, 15) is 0 Å². The molecule has 0 N–H and O–H groups in total. The van der Waals surface area contributed by atoms with Crippen LogP contribution in [0, 0.1) is 0 Å². The Morgan fingerprint density at radius 3 is 2.27 bits per heavy atom. The molecule has 0 aliphatic rings. The van der Waals surface area contributed by atoms with Crippen LogP contribution in [0.4, 0.5) is 0 Å². The minimum atomic E-state index is 0.286. The molecule has 0 bridgehead atoms. The van der Waals surface area contributed by atoms with E-state index in [1.165, 1.54) is 5.56 Å². The SMILES string of the molecule is CN(C)C(C=C=[N+](C)C)c1ccccc1. The zero-order valence-electron chi connectivity index (χ0n) is 9.94. The van der Waals surface area contributed by atoms with E-state index in [1.54, 1.807) is 0 Å². The fraction of sp³-hybridized carbons (Fsp3) is 0.385. The van der Waals surface area contributed by atoms with Gasteiger partial charge >= 0.3 is 0 Å². The first-order valence-corrected chi connectivity index (χ1v) is 5.09. The quantitative estimate of drug-likeness (QED) is 0.536. The van der Waals surface area contributed by atoms with E-state index in [2.05, 4.69) is 55.2 Å².